The van der Waals surface area contributed by atoms with Crippen LogP contribution in [0.3, 0.4) is 0 Å². The normalized spacial score (nSPS) is 25.8. The van der Waals surface area contributed by atoms with Crippen LogP contribution in [-0.2, 0) is 44.5 Å². The van der Waals surface area contributed by atoms with Crippen molar-refractivity contribution in [3.63, 3.8) is 0 Å². The summed E-state index contributed by atoms with van der Waals surface area (Å²) in [4.78, 5) is 51.1. The first-order valence-electron chi connectivity index (χ1n) is 10.8. The van der Waals surface area contributed by atoms with E-state index in [0.29, 0.717) is 6.42 Å². The van der Waals surface area contributed by atoms with Crippen molar-refractivity contribution >= 4 is 23.9 Å². The van der Waals surface area contributed by atoms with Gasteiger partial charge in [-0.1, -0.05) is 30.3 Å². The van der Waals surface area contributed by atoms with Crippen LogP contribution in [0.25, 0.3) is 0 Å². The first-order valence-corrected chi connectivity index (χ1v) is 10.8. The minimum absolute atomic E-state index is 0.0134. The van der Waals surface area contributed by atoms with Gasteiger partial charge in [-0.05, 0) is 52.5 Å². The average molecular weight is 463 g/mol. The molecule has 182 valence electrons. The van der Waals surface area contributed by atoms with Gasteiger partial charge in [0.15, 0.2) is 0 Å². The van der Waals surface area contributed by atoms with Crippen LogP contribution in [0.5, 0.6) is 0 Å². The third-order valence-electron chi connectivity index (χ3n) is 6.51. The molecule has 0 aliphatic carbocycles. The second kappa shape index (κ2) is 9.53. The van der Waals surface area contributed by atoms with Gasteiger partial charge in [0.05, 0.1) is 37.6 Å². The molecule has 0 aromatic heterocycles. The SMILES string of the molecule is COC(=O)C(C)(Cc1ccccc1)CC(C)(CC1(C)CC(C)(C(=O)OC)OC1=O)C(=O)OC. The van der Waals surface area contributed by atoms with Crippen molar-refractivity contribution in [3.05, 3.63) is 35.9 Å². The van der Waals surface area contributed by atoms with Crippen molar-refractivity contribution in [2.24, 2.45) is 16.2 Å². The monoisotopic (exact) mass is 462 g/mol. The molecule has 4 atom stereocenters. The molecule has 1 saturated heterocycles. The standard InChI is InChI=1S/C25H34O8/c1-22(18(26)30-5,13-17-11-9-8-10-12-17)14-23(2,19(27)31-6)15-24(3)16-25(4,21(29)32-7)33-20(24)28/h8-12H,13-16H2,1-7H3. The lowest BCUT2D eigenvalue weighted by Gasteiger charge is -2.39. The first kappa shape index (κ1) is 26.4. The smallest absolute Gasteiger partial charge is 0.350 e. The Morgan fingerprint density at radius 3 is 2.00 bits per heavy atom. The van der Waals surface area contributed by atoms with Crippen LogP contribution in [0.1, 0.15) is 52.5 Å². The number of rotatable bonds is 9. The maximum absolute atomic E-state index is 13.0. The van der Waals surface area contributed by atoms with Gasteiger partial charge in [-0.25, -0.2) is 4.79 Å². The zero-order valence-electron chi connectivity index (χ0n) is 20.5. The van der Waals surface area contributed by atoms with Crippen LogP contribution in [0, 0.1) is 16.2 Å². The van der Waals surface area contributed by atoms with E-state index in [1.807, 2.05) is 30.3 Å². The zero-order valence-corrected chi connectivity index (χ0v) is 20.5. The highest BCUT2D eigenvalue weighted by Crippen LogP contribution is 2.51. The van der Waals surface area contributed by atoms with Crippen molar-refractivity contribution in [3.8, 4) is 0 Å². The Hall–Kier alpha value is -2.90. The van der Waals surface area contributed by atoms with E-state index in [1.54, 1.807) is 20.8 Å². The Morgan fingerprint density at radius 2 is 1.48 bits per heavy atom. The molecule has 1 fully saturated rings. The van der Waals surface area contributed by atoms with Crippen molar-refractivity contribution in [2.45, 2.75) is 59.0 Å². The molecule has 1 aliphatic rings. The summed E-state index contributed by atoms with van der Waals surface area (Å²) in [6.07, 6.45) is 0.436. The molecular weight excluding hydrogens is 428 g/mol. The lowest BCUT2D eigenvalue weighted by Crippen LogP contribution is -2.44. The number of carbonyl (C=O) groups is 4. The van der Waals surface area contributed by atoms with E-state index in [4.69, 9.17) is 18.9 Å². The Balaban J connectivity index is 2.44. The molecule has 8 heteroatoms. The molecule has 0 bridgehead atoms. The Labute approximate surface area is 194 Å². The van der Waals surface area contributed by atoms with Crippen molar-refractivity contribution in [1.29, 1.82) is 0 Å². The minimum Gasteiger partial charge on any atom is -0.469 e. The molecule has 1 aromatic rings. The quantitative estimate of drug-likeness (QED) is 0.407. The van der Waals surface area contributed by atoms with Gasteiger partial charge in [-0.2, -0.15) is 0 Å². The maximum atomic E-state index is 13.0. The van der Waals surface area contributed by atoms with Gasteiger partial charge in [0.2, 0.25) is 5.60 Å². The van der Waals surface area contributed by atoms with E-state index in [0.717, 1.165) is 5.56 Å². The second-order valence-corrected chi connectivity index (χ2v) is 9.97. The van der Waals surface area contributed by atoms with Crippen LogP contribution in [-0.4, -0.2) is 50.8 Å². The fourth-order valence-corrected chi connectivity index (χ4v) is 5.32. The molecule has 33 heavy (non-hydrogen) atoms. The second-order valence-electron chi connectivity index (χ2n) is 9.97. The van der Waals surface area contributed by atoms with Gasteiger partial charge in [0.25, 0.3) is 0 Å². The molecule has 0 spiro atoms. The number of hydrogen-bond acceptors (Lipinski definition) is 8. The third-order valence-corrected chi connectivity index (χ3v) is 6.51. The number of methoxy groups -OCH3 is 3. The summed E-state index contributed by atoms with van der Waals surface area (Å²) in [5, 5.41) is 0. The molecule has 0 amide bonds. The molecule has 4 unspecified atom stereocenters. The van der Waals surface area contributed by atoms with Crippen LogP contribution >= 0.6 is 0 Å². The lowest BCUT2D eigenvalue weighted by molar-refractivity contribution is -0.171. The van der Waals surface area contributed by atoms with E-state index >= 15 is 0 Å². The summed E-state index contributed by atoms with van der Waals surface area (Å²) in [7, 11) is 3.79. The number of benzene rings is 1. The Bertz CT molecular complexity index is 912. The van der Waals surface area contributed by atoms with Crippen LogP contribution in [0.2, 0.25) is 0 Å². The van der Waals surface area contributed by atoms with E-state index < -0.39 is 45.7 Å². The van der Waals surface area contributed by atoms with Gasteiger partial charge in [0, 0.05) is 6.42 Å². The molecule has 1 aliphatic heterocycles. The Kier molecular flexibility index (Phi) is 7.61. The average Bonchev–Trinajstić information content (AvgIpc) is 3.00. The van der Waals surface area contributed by atoms with Gasteiger partial charge in [0.1, 0.15) is 0 Å². The first-order chi connectivity index (χ1) is 15.3. The molecule has 0 saturated carbocycles. The molecule has 0 N–H and O–H groups in total. The van der Waals surface area contributed by atoms with Gasteiger partial charge >= 0.3 is 23.9 Å². The van der Waals surface area contributed by atoms with Crippen LogP contribution in [0.15, 0.2) is 30.3 Å². The summed E-state index contributed by atoms with van der Waals surface area (Å²) in [6, 6.07) is 9.41. The maximum Gasteiger partial charge on any atom is 0.350 e. The van der Waals surface area contributed by atoms with E-state index in [-0.39, 0.29) is 19.3 Å². The largest absolute Gasteiger partial charge is 0.469 e. The molecule has 1 aromatic carbocycles. The third kappa shape index (κ3) is 5.37. The number of carbonyl (C=O) groups excluding carboxylic acids is 4. The zero-order chi connectivity index (χ0) is 25.1. The molecule has 1 heterocycles. The van der Waals surface area contributed by atoms with E-state index in [9.17, 15) is 19.2 Å². The van der Waals surface area contributed by atoms with Gasteiger partial charge in [-0.15, -0.1) is 0 Å². The Morgan fingerprint density at radius 1 is 0.939 bits per heavy atom. The summed E-state index contributed by atoms with van der Waals surface area (Å²) >= 11 is 0. The highest BCUT2D eigenvalue weighted by atomic mass is 16.6. The predicted octanol–water partition coefficient (Wildman–Crippen LogP) is 3.25. The number of cyclic esters (lactones) is 1. The highest BCUT2D eigenvalue weighted by Gasteiger charge is 2.60. The van der Waals surface area contributed by atoms with Crippen molar-refractivity contribution in [2.75, 3.05) is 21.3 Å². The fraction of sp³-hybridized carbons (Fsp3) is 0.600. The molecular formula is C25H34O8. The van der Waals surface area contributed by atoms with E-state index in [1.165, 1.54) is 28.3 Å². The summed E-state index contributed by atoms with van der Waals surface area (Å²) < 4.78 is 20.4. The molecule has 2 rings (SSSR count). The number of ether oxygens (including phenoxy) is 4. The number of hydrogen-bond donors (Lipinski definition) is 0. The number of esters is 4. The van der Waals surface area contributed by atoms with Gasteiger partial charge < -0.3 is 18.9 Å². The highest BCUT2D eigenvalue weighted by molar-refractivity contribution is 5.90. The van der Waals surface area contributed by atoms with Crippen LogP contribution in [0.4, 0.5) is 0 Å². The van der Waals surface area contributed by atoms with Gasteiger partial charge in [-0.3, -0.25) is 14.4 Å². The minimum atomic E-state index is -1.45. The van der Waals surface area contributed by atoms with Crippen LogP contribution < -0.4 is 0 Å². The predicted molar refractivity (Wildman–Crippen MR) is 119 cm³/mol. The van der Waals surface area contributed by atoms with E-state index in [2.05, 4.69) is 0 Å². The fourth-order valence-electron chi connectivity index (χ4n) is 5.32. The topological polar surface area (TPSA) is 105 Å². The summed E-state index contributed by atoms with van der Waals surface area (Å²) in [6.45, 7) is 6.54. The lowest BCUT2D eigenvalue weighted by atomic mass is 9.63. The van der Waals surface area contributed by atoms with Crippen molar-refractivity contribution < 1.29 is 38.1 Å². The summed E-state index contributed by atoms with van der Waals surface area (Å²) in [5.41, 5.74) is -4.05. The van der Waals surface area contributed by atoms with Crippen molar-refractivity contribution in [1.82, 2.24) is 0 Å². The molecule has 8 nitrogen and oxygen atoms in total. The molecule has 0 radical (unpaired) electrons. The summed E-state index contributed by atoms with van der Waals surface area (Å²) in [5.74, 6) is -2.30.